The summed E-state index contributed by atoms with van der Waals surface area (Å²) in [4.78, 5) is 12.3. The van der Waals surface area contributed by atoms with Gasteiger partial charge in [-0.25, -0.2) is 0 Å². The highest BCUT2D eigenvalue weighted by molar-refractivity contribution is 5.86. The number of benzene rings is 2. The second-order valence-electron chi connectivity index (χ2n) is 4.95. The molecule has 3 aromatic rings. The van der Waals surface area contributed by atoms with E-state index in [1.165, 1.54) is 4.68 Å². The molecule has 1 aromatic heterocycles. The molecular formula is C19H16N2O. The van der Waals surface area contributed by atoms with Gasteiger partial charge in [0.25, 0.3) is 5.91 Å². The second-order valence-corrected chi connectivity index (χ2v) is 4.95. The van der Waals surface area contributed by atoms with Crippen molar-refractivity contribution in [1.29, 1.82) is 0 Å². The molecular weight excluding hydrogens is 272 g/mol. The molecule has 2 aromatic carbocycles. The Hall–Kier alpha value is -2.94. The zero-order chi connectivity index (χ0) is 15.4. The molecule has 0 atom stereocenters. The Morgan fingerprint density at radius 3 is 2.18 bits per heavy atom. The molecule has 0 saturated heterocycles. The highest BCUT2D eigenvalue weighted by Gasteiger charge is 2.15. The van der Waals surface area contributed by atoms with Gasteiger partial charge in [-0.2, -0.15) is 9.78 Å². The van der Waals surface area contributed by atoms with Crippen LogP contribution in [0.4, 0.5) is 0 Å². The van der Waals surface area contributed by atoms with Crippen LogP contribution >= 0.6 is 0 Å². The molecule has 0 N–H and O–H groups in total. The van der Waals surface area contributed by atoms with Gasteiger partial charge in [-0.1, -0.05) is 66.7 Å². The van der Waals surface area contributed by atoms with E-state index in [1.807, 2.05) is 66.7 Å². The van der Waals surface area contributed by atoms with Crippen LogP contribution in [0.25, 0.3) is 22.5 Å². The fraction of sp³-hybridized carbons (Fsp3) is 0.0526. The first-order valence-electron chi connectivity index (χ1n) is 7.14. The van der Waals surface area contributed by atoms with Gasteiger partial charge in [-0.15, -0.1) is 6.58 Å². The third-order valence-electron chi connectivity index (χ3n) is 3.40. The lowest BCUT2D eigenvalue weighted by Gasteiger charge is -2.04. The van der Waals surface area contributed by atoms with Crippen LogP contribution in [0.5, 0.6) is 0 Å². The maximum absolute atomic E-state index is 12.3. The Balaban J connectivity index is 2.13. The largest absolute Gasteiger partial charge is 0.272 e. The lowest BCUT2D eigenvalue weighted by Crippen LogP contribution is -2.12. The van der Waals surface area contributed by atoms with E-state index in [9.17, 15) is 4.79 Å². The molecule has 0 radical (unpaired) electrons. The van der Waals surface area contributed by atoms with Crippen LogP contribution in [0.2, 0.25) is 0 Å². The maximum atomic E-state index is 12.3. The van der Waals surface area contributed by atoms with Crippen molar-refractivity contribution in [2.24, 2.45) is 0 Å². The molecule has 0 amide bonds. The molecule has 0 bridgehead atoms. The third kappa shape index (κ3) is 2.74. The first-order valence-corrected chi connectivity index (χ1v) is 7.14. The minimum Gasteiger partial charge on any atom is -0.272 e. The Bertz CT molecular complexity index is 789. The molecule has 3 rings (SSSR count). The Kier molecular flexibility index (Phi) is 3.97. The van der Waals surface area contributed by atoms with Crippen LogP contribution in [-0.4, -0.2) is 15.7 Å². The first-order chi connectivity index (χ1) is 10.8. The van der Waals surface area contributed by atoms with Gasteiger partial charge in [0.1, 0.15) is 0 Å². The molecule has 3 heteroatoms. The predicted molar refractivity (Wildman–Crippen MR) is 88.5 cm³/mol. The fourth-order valence-corrected chi connectivity index (χ4v) is 2.35. The highest BCUT2D eigenvalue weighted by Crippen LogP contribution is 2.26. The number of aromatic nitrogens is 2. The predicted octanol–water partition coefficient (Wildman–Crippen LogP) is 4.43. The first kappa shape index (κ1) is 14.0. The maximum Gasteiger partial charge on any atom is 0.251 e. The summed E-state index contributed by atoms with van der Waals surface area (Å²) in [6.07, 6.45) is 1.86. The summed E-state index contributed by atoms with van der Waals surface area (Å²) in [5.41, 5.74) is 3.54. The lowest BCUT2D eigenvalue weighted by atomic mass is 10.1. The molecule has 0 spiro atoms. The van der Waals surface area contributed by atoms with Crippen LogP contribution in [0.1, 0.15) is 11.2 Å². The van der Waals surface area contributed by atoms with E-state index < -0.39 is 0 Å². The van der Waals surface area contributed by atoms with Gasteiger partial charge in [0, 0.05) is 17.5 Å². The van der Waals surface area contributed by atoms with Crippen LogP contribution in [0, 0.1) is 0 Å². The van der Waals surface area contributed by atoms with Gasteiger partial charge in [0.05, 0.1) is 11.4 Å². The van der Waals surface area contributed by atoms with Crippen molar-refractivity contribution < 1.29 is 4.79 Å². The number of nitrogens with zero attached hydrogens (tertiary/aromatic N) is 2. The molecule has 0 aliphatic carbocycles. The van der Waals surface area contributed by atoms with Gasteiger partial charge in [-0.3, -0.25) is 4.79 Å². The monoisotopic (exact) mass is 288 g/mol. The average Bonchev–Trinajstić information content (AvgIpc) is 3.02. The van der Waals surface area contributed by atoms with E-state index >= 15 is 0 Å². The number of allylic oxidation sites excluding steroid dienone is 1. The number of carbonyl (C=O) groups is 1. The SMILES string of the molecule is C=CCC(=O)n1nc(-c2ccccc2)cc1-c1ccccc1. The van der Waals surface area contributed by atoms with Gasteiger partial charge in [0.2, 0.25) is 0 Å². The Morgan fingerprint density at radius 1 is 1.00 bits per heavy atom. The second kappa shape index (κ2) is 6.22. The Morgan fingerprint density at radius 2 is 1.59 bits per heavy atom. The summed E-state index contributed by atoms with van der Waals surface area (Å²) in [7, 11) is 0. The number of carbonyl (C=O) groups excluding carboxylic acids is 1. The van der Waals surface area contributed by atoms with E-state index in [0.29, 0.717) is 0 Å². The molecule has 1 heterocycles. The lowest BCUT2D eigenvalue weighted by molar-refractivity contribution is 0.0904. The van der Waals surface area contributed by atoms with Gasteiger partial charge in [0.15, 0.2) is 0 Å². The summed E-state index contributed by atoms with van der Waals surface area (Å²) in [5.74, 6) is -0.0870. The van der Waals surface area contributed by atoms with E-state index in [0.717, 1.165) is 22.5 Å². The van der Waals surface area contributed by atoms with Crippen molar-refractivity contribution in [2.45, 2.75) is 6.42 Å². The smallest absolute Gasteiger partial charge is 0.251 e. The minimum absolute atomic E-state index is 0.0870. The van der Waals surface area contributed by atoms with Crippen LogP contribution in [0.15, 0.2) is 79.4 Å². The van der Waals surface area contributed by atoms with Gasteiger partial charge >= 0.3 is 0 Å². The Labute approximate surface area is 129 Å². The van der Waals surface area contributed by atoms with Crippen molar-refractivity contribution in [3.05, 3.63) is 79.4 Å². The summed E-state index contributed by atoms with van der Waals surface area (Å²) in [6.45, 7) is 3.63. The third-order valence-corrected chi connectivity index (χ3v) is 3.40. The summed E-state index contributed by atoms with van der Waals surface area (Å²) in [5, 5.41) is 4.49. The highest BCUT2D eigenvalue weighted by atomic mass is 16.2. The van der Waals surface area contributed by atoms with E-state index in [4.69, 9.17) is 0 Å². The van der Waals surface area contributed by atoms with Crippen molar-refractivity contribution >= 4 is 5.91 Å². The number of hydrogen-bond acceptors (Lipinski definition) is 2. The zero-order valence-corrected chi connectivity index (χ0v) is 12.1. The zero-order valence-electron chi connectivity index (χ0n) is 12.1. The standard InChI is InChI=1S/C19H16N2O/c1-2-9-19(22)21-18(16-12-7-4-8-13-16)14-17(20-21)15-10-5-3-6-11-15/h2-8,10-14H,1,9H2. The van der Waals surface area contributed by atoms with Crippen LogP contribution < -0.4 is 0 Å². The molecule has 3 nitrogen and oxygen atoms in total. The van der Waals surface area contributed by atoms with Gasteiger partial charge in [-0.05, 0) is 6.07 Å². The molecule has 0 saturated carbocycles. The van der Waals surface area contributed by atoms with Crippen molar-refractivity contribution in [3.63, 3.8) is 0 Å². The normalized spacial score (nSPS) is 10.4. The number of hydrogen-bond donors (Lipinski definition) is 0. The molecule has 0 fully saturated rings. The summed E-state index contributed by atoms with van der Waals surface area (Å²) >= 11 is 0. The van der Waals surface area contributed by atoms with Crippen molar-refractivity contribution in [3.8, 4) is 22.5 Å². The number of rotatable bonds is 4. The molecule has 0 aliphatic rings. The van der Waals surface area contributed by atoms with E-state index in [-0.39, 0.29) is 12.3 Å². The minimum atomic E-state index is -0.0870. The van der Waals surface area contributed by atoms with Crippen LogP contribution in [0.3, 0.4) is 0 Å². The van der Waals surface area contributed by atoms with Crippen molar-refractivity contribution in [2.75, 3.05) is 0 Å². The topological polar surface area (TPSA) is 34.9 Å². The van der Waals surface area contributed by atoms with E-state index in [1.54, 1.807) is 6.08 Å². The average molecular weight is 288 g/mol. The molecule has 0 unspecified atom stereocenters. The van der Waals surface area contributed by atoms with Crippen LogP contribution in [-0.2, 0) is 0 Å². The molecule has 22 heavy (non-hydrogen) atoms. The molecule has 108 valence electrons. The van der Waals surface area contributed by atoms with Gasteiger partial charge < -0.3 is 0 Å². The molecule has 0 aliphatic heterocycles. The summed E-state index contributed by atoms with van der Waals surface area (Å²) < 4.78 is 1.47. The van der Waals surface area contributed by atoms with Crippen molar-refractivity contribution in [1.82, 2.24) is 9.78 Å². The summed E-state index contributed by atoms with van der Waals surface area (Å²) in [6, 6.07) is 21.6. The fourth-order valence-electron chi connectivity index (χ4n) is 2.35. The quantitative estimate of drug-likeness (QED) is 0.665. The van der Waals surface area contributed by atoms with E-state index in [2.05, 4.69) is 11.7 Å².